The number of halogens is 1. The normalized spacial score (nSPS) is 15.3. The second-order valence-electron chi connectivity index (χ2n) is 7.59. The Kier molecular flexibility index (Phi) is 10.3. The first kappa shape index (κ1) is 25.8. The van der Waals surface area contributed by atoms with Crippen molar-refractivity contribution in [3.05, 3.63) is 58.3 Å². The third-order valence-corrected chi connectivity index (χ3v) is 5.00. The fourth-order valence-corrected chi connectivity index (χ4v) is 3.26. The molecule has 1 aromatic heterocycles. The number of carbonyl (C=O) groups is 1. The summed E-state index contributed by atoms with van der Waals surface area (Å²) in [6, 6.07) is 12.3. The number of ether oxygens (including phenoxy) is 1. The molecule has 0 saturated carbocycles. The van der Waals surface area contributed by atoms with Crippen molar-refractivity contribution in [3.8, 4) is 17.2 Å². The molecule has 0 aliphatic carbocycles. The monoisotopic (exact) mass is 456 g/mol. The molecule has 2 aromatic carbocycles. The molecule has 4 rings (SSSR count). The van der Waals surface area contributed by atoms with Gasteiger partial charge in [0.2, 0.25) is 6.41 Å². The number of carbonyl (C=O) groups excluding carboxylic acids is 1. The molecule has 176 valence electrons. The summed E-state index contributed by atoms with van der Waals surface area (Å²) >= 11 is 0. The molecule has 0 radical (unpaired) electrons. The fourth-order valence-electron chi connectivity index (χ4n) is 3.26. The first-order valence-electron chi connectivity index (χ1n) is 10.6. The Balaban J connectivity index is 0.000000291. The number of primary amides is 1. The van der Waals surface area contributed by atoms with Crippen LogP contribution in [0.3, 0.4) is 0 Å². The largest absolute Gasteiger partial charge is 0.419 e. The summed E-state index contributed by atoms with van der Waals surface area (Å²) in [5.74, 6) is -0.0587. The van der Waals surface area contributed by atoms with Crippen molar-refractivity contribution in [2.75, 3.05) is 26.3 Å². The zero-order chi connectivity index (χ0) is 24.2. The molecule has 1 aliphatic rings. The van der Waals surface area contributed by atoms with Crippen LogP contribution in [0.4, 0.5) is 4.39 Å². The van der Waals surface area contributed by atoms with Crippen LogP contribution in [0, 0.1) is 23.1 Å². The molecule has 1 atom stereocenters. The predicted octanol–water partition coefficient (Wildman–Crippen LogP) is 2.74. The zero-order valence-electron chi connectivity index (χ0n) is 18.8. The molecule has 3 aromatic rings. The number of benzene rings is 2. The van der Waals surface area contributed by atoms with Crippen LogP contribution in [0.5, 0.6) is 0 Å². The van der Waals surface area contributed by atoms with Gasteiger partial charge in [-0.15, -0.1) is 0 Å². The predicted molar refractivity (Wildman–Crippen MR) is 124 cm³/mol. The highest BCUT2D eigenvalue weighted by Crippen LogP contribution is 2.26. The number of hydrogen-bond donors (Lipinski definition) is 2. The molecular formula is C24H29FN4O4. The van der Waals surface area contributed by atoms with E-state index in [1.54, 1.807) is 31.3 Å². The van der Waals surface area contributed by atoms with Crippen LogP contribution in [-0.2, 0) is 23.0 Å². The Morgan fingerprint density at radius 2 is 2.00 bits per heavy atom. The van der Waals surface area contributed by atoms with Gasteiger partial charge in [0.25, 0.3) is 0 Å². The van der Waals surface area contributed by atoms with Crippen LogP contribution in [0.1, 0.15) is 18.9 Å². The Hall–Kier alpha value is -3.48. The van der Waals surface area contributed by atoms with Crippen molar-refractivity contribution in [2.45, 2.75) is 19.8 Å². The average molecular weight is 457 g/mol. The molecule has 0 bridgehead atoms. The van der Waals surface area contributed by atoms with Crippen molar-refractivity contribution in [2.24, 2.45) is 18.7 Å². The summed E-state index contributed by atoms with van der Waals surface area (Å²) in [6.07, 6.45) is 0.942. The lowest BCUT2D eigenvalue weighted by Gasteiger charge is -2.06. The quantitative estimate of drug-likeness (QED) is 0.584. The number of oxazole rings is 1. The van der Waals surface area contributed by atoms with Crippen LogP contribution in [-0.4, -0.2) is 37.3 Å². The molecule has 1 amide bonds. The van der Waals surface area contributed by atoms with E-state index in [0.29, 0.717) is 41.0 Å². The minimum atomic E-state index is -0.426. The Morgan fingerprint density at radius 1 is 1.30 bits per heavy atom. The number of nitrogens with zero attached hydrogens (tertiary/aromatic N) is 2. The van der Waals surface area contributed by atoms with Gasteiger partial charge < -0.3 is 20.2 Å². The van der Waals surface area contributed by atoms with E-state index in [1.807, 2.05) is 12.1 Å². The van der Waals surface area contributed by atoms with E-state index >= 15 is 0 Å². The van der Waals surface area contributed by atoms with Crippen molar-refractivity contribution < 1.29 is 18.3 Å². The van der Waals surface area contributed by atoms with Crippen LogP contribution in [0.2, 0.25) is 0 Å². The third kappa shape index (κ3) is 7.56. The Bertz CT molecular complexity index is 1140. The first-order chi connectivity index (χ1) is 15.9. The Morgan fingerprint density at radius 3 is 2.70 bits per heavy atom. The van der Waals surface area contributed by atoms with Crippen LogP contribution < -0.4 is 16.8 Å². The maximum atomic E-state index is 14.1. The van der Waals surface area contributed by atoms with Gasteiger partial charge in [0.1, 0.15) is 5.82 Å². The number of aryl methyl sites for hydroxylation is 2. The summed E-state index contributed by atoms with van der Waals surface area (Å²) in [5.41, 5.74) is 7.38. The van der Waals surface area contributed by atoms with Gasteiger partial charge in [-0.05, 0) is 53.8 Å². The molecule has 1 saturated heterocycles. The number of nitrogens with two attached hydrogens (primary N) is 1. The minimum absolute atomic E-state index is 0.250. The van der Waals surface area contributed by atoms with Gasteiger partial charge in [-0.25, -0.2) is 9.18 Å². The van der Waals surface area contributed by atoms with Gasteiger partial charge in [0.15, 0.2) is 5.58 Å². The number of aromatic nitrogens is 1. The van der Waals surface area contributed by atoms with Gasteiger partial charge >= 0.3 is 5.76 Å². The third-order valence-electron chi connectivity index (χ3n) is 5.00. The van der Waals surface area contributed by atoms with Gasteiger partial charge in [0, 0.05) is 20.0 Å². The molecule has 1 fully saturated rings. The number of amides is 1. The van der Waals surface area contributed by atoms with Gasteiger partial charge in [-0.2, -0.15) is 5.26 Å². The van der Waals surface area contributed by atoms with Crippen LogP contribution >= 0.6 is 0 Å². The maximum absolute atomic E-state index is 14.1. The van der Waals surface area contributed by atoms with Crippen molar-refractivity contribution in [3.63, 3.8) is 0 Å². The average Bonchev–Trinajstić information content (AvgIpc) is 2.95. The van der Waals surface area contributed by atoms with E-state index < -0.39 is 5.76 Å². The molecular weight excluding hydrogens is 427 g/mol. The second-order valence-corrected chi connectivity index (χ2v) is 7.59. The summed E-state index contributed by atoms with van der Waals surface area (Å²) in [5, 5.41) is 11.8. The number of rotatable bonds is 3. The second kappa shape index (κ2) is 13.2. The number of nitriles is 1. The first-order valence-corrected chi connectivity index (χ1v) is 10.6. The smallest absolute Gasteiger partial charge is 0.408 e. The fraction of sp³-hybridized carbons (Fsp3) is 0.375. The highest BCUT2D eigenvalue weighted by atomic mass is 19.1. The summed E-state index contributed by atoms with van der Waals surface area (Å²) in [6.45, 7) is 6.12. The lowest BCUT2D eigenvalue weighted by Crippen LogP contribution is -2.20. The van der Waals surface area contributed by atoms with E-state index in [9.17, 15) is 9.18 Å². The van der Waals surface area contributed by atoms with Gasteiger partial charge in [-0.1, -0.05) is 25.1 Å². The highest BCUT2D eigenvalue weighted by Gasteiger charge is 2.09. The van der Waals surface area contributed by atoms with E-state index in [2.05, 4.69) is 18.0 Å². The molecule has 8 nitrogen and oxygen atoms in total. The number of nitrogens with one attached hydrogen (secondary N) is 1. The van der Waals surface area contributed by atoms with Gasteiger partial charge in [-0.3, -0.25) is 9.36 Å². The van der Waals surface area contributed by atoms with E-state index in [0.717, 1.165) is 31.9 Å². The molecule has 3 N–H and O–H groups in total. The standard InChI is InChI=1S/C17H13FN2O2.C6H13NO.CH3NO/c1-20-15-10-13(6-7-16(15)22-17(20)21)12-5-4-11(3-2-8-19)14(18)9-12;1-6-4-7-2-3-8-5-6;2-1-3/h4-7,9-10H,2-3H2,1H3;6-7H,2-5H2,1H3;1H,(H2,2,3). The summed E-state index contributed by atoms with van der Waals surface area (Å²) in [7, 11) is 1.63. The topological polar surface area (TPSA) is 123 Å². The summed E-state index contributed by atoms with van der Waals surface area (Å²) in [4.78, 5) is 20.1. The lowest BCUT2D eigenvalue weighted by atomic mass is 10.0. The SMILES string of the molecule is CC1CNCCOC1.Cn1c(=O)oc2ccc(-c3ccc(CCC#N)c(F)c3)cc21.NC=O. The van der Waals surface area contributed by atoms with E-state index in [1.165, 1.54) is 10.6 Å². The van der Waals surface area contributed by atoms with Crippen molar-refractivity contribution >= 4 is 17.5 Å². The molecule has 1 aliphatic heterocycles. The molecule has 9 heteroatoms. The zero-order valence-corrected chi connectivity index (χ0v) is 18.8. The van der Waals surface area contributed by atoms with E-state index in [-0.39, 0.29) is 12.2 Å². The maximum Gasteiger partial charge on any atom is 0.419 e. The Labute approximate surface area is 191 Å². The van der Waals surface area contributed by atoms with Crippen molar-refractivity contribution in [1.29, 1.82) is 5.26 Å². The van der Waals surface area contributed by atoms with Crippen LogP contribution in [0.25, 0.3) is 22.2 Å². The molecule has 2 heterocycles. The molecule has 33 heavy (non-hydrogen) atoms. The van der Waals surface area contributed by atoms with Crippen LogP contribution in [0.15, 0.2) is 45.6 Å². The molecule has 0 spiro atoms. The minimum Gasteiger partial charge on any atom is -0.408 e. The lowest BCUT2D eigenvalue weighted by molar-refractivity contribution is -0.106. The highest BCUT2D eigenvalue weighted by molar-refractivity contribution is 5.80. The summed E-state index contributed by atoms with van der Waals surface area (Å²) < 4.78 is 25.8. The van der Waals surface area contributed by atoms with Crippen molar-refractivity contribution in [1.82, 2.24) is 9.88 Å². The molecule has 1 unspecified atom stereocenters. The van der Waals surface area contributed by atoms with Gasteiger partial charge in [0.05, 0.1) is 24.8 Å². The number of fused-ring (bicyclic) bond motifs is 1. The number of hydrogen-bond acceptors (Lipinski definition) is 6. The van der Waals surface area contributed by atoms with E-state index in [4.69, 9.17) is 19.2 Å².